The lowest BCUT2D eigenvalue weighted by Crippen LogP contribution is -2.38. The monoisotopic (exact) mass is 550 g/mol. The standard InChI is InChI=1S/C25H19Cl2F3N4OS/c26-19-7-6-16(12-20(19)27)21-14-36-23(32-21)15-8-10-33(11-9-15)24(35)18-13-31-34(22(18)25(28,29)30)17-4-2-1-3-5-17/h1-7,12-15H,8-11H2. The van der Waals surface area contributed by atoms with Crippen LogP contribution in [0.4, 0.5) is 13.2 Å². The van der Waals surface area contributed by atoms with Gasteiger partial charge in [0.05, 0.1) is 38.2 Å². The van der Waals surface area contributed by atoms with Gasteiger partial charge in [-0.1, -0.05) is 47.5 Å². The van der Waals surface area contributed by atoms with Crippen LogP contribution in [0.25, 0.3) is 16.9 Å². The van der Waals surface area contributed by atoms with E-state index >= 15 is 0 Å². The number of benzene rings is 2. The Morgan fingerprint density at radius 1 is 1.03 bits per heavy atom. The molecule has 1 fully saturated rings. The summed E-state index contributed by atoms with van der Waals surface area (Å²) >= 11 is 13.6. The molecule has 0 radical (unpaired) electrons. The fourth-order valence-electron chi connectivity index (χ4n) is 4.31. The van der Waals surface area contributed by atoms with Gasteiger partial charge in [-0.2, -0.15) is 18.3 Å². The maximum Gasteiger partial charge on any atom is 0.434 e. The van der Waals surface area contributed by atoms with Crippen LogP contribution in [0.15, 0.2) is 60.1 Å². The first-order chi connectivity index (χ1) is 17.2. The average Bonchev–Trinajstić information content (AvgIpc) is 3.54. The van der Waals surface area contributed by atoms with Gasteiger partial charge in [-0.3, -0.25) is 4.79 Å². The van der Waals surface area contributed by atoms with Gasteiger partial charge in [0.1, 0.15) is 0 Å². The lowest BCUT2D eigenvalue weighted by atomic mass is 9.97. The van der Waals surface area contributed by atoms with E-state index in [0.717, 1.165) is 27.1 Å². The van der Waals surface area contributed by atoms with Gasteiger partial charge < -0.3 is 4.90 Å². The van der Waals surface area contributed by atoms with E-state index in [0.29, 0.717) is 36.0 Å². The Bertz CT molecular complexity index is 1400. The Labute approximate surface area is 219 Å². The summed E-state index contributed by atoms with van der Waals surface area (Å²) in [5.41, 5.74) is 0.377. The Morgan fingerprint density at radius 3 is 2.42 bits per heavy atom. The molecule has 1 saturated heterocycles. The smallest absolute Gasteiger partial charge is 0.338 e. The maximum atomic E-state index is 14.0. The molecule has 2 aromatic heterocycles. The van der Waals surface area contributed by atoms with Crippen molar-refractivity contribution in [3.05, 3.63) is 86.4 Å². The molecule has 3 heterocycles. The second-order valence-corrected chi connectivity index (χ2v) is 10.1. The highest BCUT2D eigenvalue weighted by atomic mass is 35.5. The van der Waals surface area contributed by atoms with Gasteiger partial charge in [0, 0.05) is 30.0 Å². The van der Waals surface area contributed by atoms with Crippen molar-refractivity contribution in [1.29, 1.82) is 0 Å². The van der Waals surface area contributed by atoms with E-state index in [2.05, 4.69) is 5.10 Å². The second kappa shape index (κ2) is 9.88. The van der Waals surface area contributed by atoms with Crippen LogP contribution in [-0.2, 0) is 6.18 Å². The SMILES string of the molecule is O=C(c1cnn(-c2ccccc2)c1C(F)(F)F)N1CCC(c2nc(-c3ccc(Cl)c(Cl)c3)cs2)CC1. The second-order valence-electron chi connectivity index (χ2n) is 8.42. The van der Waals surface area contributed by atoms with Gasteiger partial charge in [0.15, 0.2) is 5.69 Å². The molecule has 36 heavy (non-hydrogen) atoms. The summed E-state index contributed by atoms with van der Waals surface area (Å²) in [6.45, 7) is 0.665. The maximum absolute atomic E-state index is 14.0. The number of nitrogens with zero attached hydrogens (tertiary/aromatic N) is 4. The molecule has 5 nitrogen and oxygen atoms in total. The van der Waals surface area contributed by atoms with Crippen molar-refractivity contribution in [1.82, 2.24) is 19.7 Å². The van der Waals surface area contributed by atoms with Crippen molar-refractivity contribution in [2.45, 2.75) is 24.9 Å². The summed E-state index contributed by atoms with van der Waals surface area (Å²) in [5, 5.41) is 7.69. The molecule has 0 spiro atoms. The topological polar surface area (TPSA) is 51.0 Å². The number of aromatic nitrogens is 3. The Morgan fingerprint density at radius 2 is 1.75 bits per heavy atom. The van der Waals surface area contributed by atoms with E-state index in [1.165, 1.54) is 28.4 Å². The Kier molecular flexibility index (Phi) is 6.80. The first kappa shape index (κ1) is 24.8. The molecule has 186 valence electrons. The predicted molar refractivity (Wildman–Crippen MR) is 134 cm³/mol. The highest BCUT2D eigenvalue weighted by Gasteiger charge is 2.42. The molecule has 0 atom stereocenters. The zero-order valence-electron chi connectivity index (χ0n) is 18.7. The molecule has 0 unspecified atom stereocenters. The van der Waals surface area contributed by atoms with E-state index < -0.39 is 23.3 Å². The molecule has 0 aliphatic carbocycles. The largest absolute Gasteiger partial charge is 0.434 e. The Balaban J connectivity index is 1.31. The van der Waals surface area contributed by atoms with E-state index in [4.69, 9.17) is 28.2 Å². The van der Waals surface area contributed by atoms with Crippen LogP contribution >= 0.6 is 34.5 Å². The summed E-state index contributed by atoms with van der Waals surface area (Å²) in [6.07, 6.45) is -2.52. The van der Waals surface area contributed by atoms with Crippen LogP contribution in [0.5, 0.6) is 0 Å². The average molecular weight is 551 g/mol. The molecule has 4 aromatic rings. The first-order valence-corrected chi connectivity index (χ1v) is 12.8. The van der Waals surface area contributed by atoms with E-state index in [1.807, 2.05) is 11.4 Å². The number of halogens is 5. The van der Waals surface area contributed by atoms with E-state index in [-0.39, 0.29) is 11.6 Å². The third-order valence-electron chi connectivity index (χ3n) is 6.14. The van der Waals surface area contributed by atoms with Crippen LogP contribution in [0.1, 0.15) is 39.8 Å². The number of alkyl halides is 3. The number of likely N-dealkylation sites (tertiary alicyclic amines) is 1. The number of hydrogen-bond donors (Lipinski definition) is 0. The van der Waals surface area contributed by atoms with Gasteiger partial charge in [-0.25, -0.2) is 9.67 Å². The molecule has 2 aromatic carbocycles. The van der Waals surface area contributed by atoms with Gasteiger partial charge in [0.2, 0.25) is 0 Å². The molecule has 1 aliphatic heterocycles. The number of hydrogen-bond acceptors (Lipinski definition) is 4. The number of thiazole rings is 1. The van der Waals surface area contributed by atoms with Crippen LogP contribution in [-0.4, -0.2) is 38.7 Å². The lowest BCUT2D eigenvalue weighted by Gasteiger charge is -2.31. The molecular formula is C25H19Cl2F3N4OS. The molecule has 0 N–H and O–H groups in total. The summed E-state index contributed by atoms with van der Waals surface area (Å²) in [5.74, 6) is -0.553. The van der Waals surface area contributed by atoms with Crippen LogP contribution in [0.3, 0.4) is 0 Å². The summed E-state index contributed by atoms with van der Waals surface area (Å²) in [4.78, 5) is 19.3. The van der Waals surface area contributed by atoms with Gasteiger partial charge in [0.25, 0.3) is 5.91 Å². The lowest BCUT2D eigenvalue weighted by molar-refractivity contribution is -0.143. The van der Waals surface area contributed by atoms with Crippen molar-refractivity contribution in [2.24, 2.45) is 0 Å². The highest BCUT2D eigenvalue weighted by molar-refractivity contribution is 7.10. The number of amides is 1. The number of para-hydroxylation sites is 1. The van der Waals surface area contributed by atoms with Gasteiger partial charge >= 0.3 is 6.18 Å². The Hall–Kier alpha value is -2.88. The molecule has 1 aliphatic rings. The minimum absolute atomic E-state index is 0.115. The van der Waals surface area contributed by atoms with Crippen molar-refractivity contribution in [3.8, 4) is 16.9 Å². The van der Waals surface area contributed by atoms with E-state index in [1.54, 1.807) is 30.3 Å². The zero-order chi connectivity index (χ0) is 25.4. The quantitative estimate of drug-likeness (QED) is 0.267. The van der Waals surface area contributed by atoms with Crippen molar-refractivity contribution in [3.63, 3.8) is 0 Å². The summed E-state index contributed by atoms with van der Waals surface area (Å²) < 4.78 is 42.7. The summed E-state index contributed by atoms with van der Waals surface area (Å²) in [6, 6.07) is 13.3. The first-order valence-electron chi connectivity index (χ1n) is 11.1. The minimum atomic E-state index is -4.74. The minimum Gasteiger partial charge on any atom is -0.338 e. The van der Waals surface area contributed by atoms with Gasteiger partial charge in [-0.15, -0.1) is 11.3 Å². The van der Waals surface area contributed by atoms with Crippen LogP contribution in [0, 0.1) is 0 Å². The molecular weight excluding hydrogens is 532 g/mol. The molecule has 0 bridgehead atoms. The number of rotatable bonds is 4. The van der Waals surface area contributed by atoms with Crippen molar-refractivity contribution >= 4 is 40.4 Å². The zero-order valence-corrected chi connectivity index (χ0v) is 21.0. The van der Waals surface area contributed by atoms with Crippen molar-refractivity contribution in [2.75, 3.05) is 13.1 Å². The predicted octanol–water partition coefficient (Wildman–Crippen LogP) is 7.34. The number of piperidine rings is 1. The fourth-order valence-corrected chi connectivity index (χ4v) is 5.60. The van der Waals surface area contributed by atoms with Crippen LogP contribution < -0.4 is 0 Å². The van der Waals surface area contributed by atoms with Crippen LogP contribution in [0.2, 0.25) is 10.0 Å². The normalized spacial score (nSPS) is 14.9. The van der Waals surface area contributed by atoms with Crippen molar-refractivity contribution < 1.29 is 18.0 Å². The number of carbonyl (C=O) groups is 1. The molecule has 0 saturated carbocycles. The molecule has 1 amide bonds. The highest BCUT2D eigenvalue weighted by Crippen LogP contribution is 2.37. The number of carbonyl (C=O) groups excluding carboxylic acids is 1. The molecule has 5 rings (SSSR count). The van der Waals surface area contributed by atoms with E-state index in [9.17, 15) is 18.0 Å². The molecule has 11 heteroatoms. The summed E-state index contributed by atoms with van der Waals surface area (Å²) in [7, 11) is 0. The fraction of sp³-hybridized carbons (Fsp3) is 0.240. The third kappa shape index (κ3) is 4.87. The van der Waals surface area contributed by atoms with Gasteiger partial charge in [-0.05, 0) is 37.1 Å². The third-order valence-corrected chi connectivity index (χ3v) is 7.88.